The molecule has 0 fully saturated rings. The van der Waals surface area contributed by atoms with Gasteiger partial charge in [0.15, 0.2) is 0 Å². The molecule has 0 spiro atoms. The molecule has 0 heterocycles. The summed E-state index contributed by atoms with van der Waals surface area (Å²) in [5, 5.41) is 10.2. The third-order valence-electron chi connectivity index (χ3n) is 1.28. The van der Waals surface area contributed by atoms with E-state index in [1.54, 1.807) is 12.1 Å². The highest BCUT2D eigenvalue weighted by atomic mass is 16.6. The van der Waals surface area contributed by atoms with Gasteiger partial charge in [-0.3, -0.25) is 10.1 Å². The van der Waals surface area contributed by atoms with Crippen molar-refractivity contribution in [3.63, 3.8) is 0 Å². The van der Waals surface area contributed by atoms with E-state index >= 15 is 0 Å². The number of hydrogen-bond donors (Lipinski definition) is 0. The molecule has 0 saturated carbocycles. The van der Waals surface area contributed by atoms with Crippen LogP contribution in [-0.2, 0) is 0 Å². The Labute approximate surface area is 64.4 Å². The fourth-order valence-corrected chi connectivity index (χ4v) is 0.704. The lowest BCUT2D eigenvalue weighted by molar-refractivity contribution is -0.384. The minimum Gasteiger partial charge on any atom is -0.568 e. The van der Waals surface area contributed by atoms with Crippen LogP contribution in [0.25, 0.3) is 0 Å². The maximum absolute atomic E-state index is 10.2. The molecular weight excluding hydrogens is 145 g/mol. The van der Waals surface area contributed by atoms with E-state index in [0.717, 1.165) is 0 Å². The number of nitrogens with zero attached hydrogens (tertiary/aromatic N) is 1. The lowest BCUT2D eigenvalue weighted by Crippen LogP contribution is -1.88. The average Bonchev–Trinajstić information content (AvgIpc) is 2.05. The predicted molar refractivity (Wildman–Crippen MR) is 42.3 cm³/mol. The molecule has 0 aliphatic rings. The summed E-state index contributed by atoms with van der Waals surface area (Å²) in [4.78, 5) is 9.72. The maximum Gasteiger partial charge on any atom is 0.322 e. The fourth-order valence-electron chi connectivity index (χ4n) is 0.704. The summed E-state index contributed by atoms with van der Waals surface area (Å²) in [5.74, 6) is 0.621. The van der Waals surface area contributed by atoms with Gasteiger partial charge in [0.25, 0.3) is 5.69 Å². The van der Waals surface area contributed by atoms with Gasteiger partial charge in [-0.25, -0.2) is 0 Å². The molecule has 0 aliphatic heterocycles. The second-order valence-corrected chi connectivity index (χ2v) is 1.96. The van der Waals surface area contributed by atoms with E-state index in [1.807, 2.05) is 0 Å². The maximum atomic E-state index is 10.2. The lowest BCUT2D eigenvalue weighted by atomic mass is 10.3. The van der Waals surface area contributed by atoms with Crippen LogP contribution >= 0.6 is 0 Å². The van der Waals surface area contributed by atoms with Crippen molar-refractivity contribution < 1.29 is 9.58 Å². The first-order valence-electron chi connectivity index (χ1n) is 3.02. The Kier molecular flexibility index (Phi) is 2.10. The molecule has 11 heavy (non-hydrogen) atoms. The summed E-state index contributed by atoms with van der Waals surface area (Å²) in [7, 11) is 1.52. The highest BCUT2D eigenvalue weighted by Gasteiger charge is 2.02. The first-order chi connectivity index (χ1) is 5.24. The van der Waals surface area contributed by atoms with Crippen molar-refractivity contribution in [1.82, 2.24) is 0 Å². The molecule has 0 aliphatic carbocycles. The van der Waals surface area contributed by atoms with Gasteiger partial charge in [0, 0.05) is 12.1 Å². The third-order valence-corrected chi connectivity index (χ3v) is 1.28. The number of non-ortho nitro benzene ring substituents is 1. The molecular formula is C6H6BNO3. The minimum atomic E-state index is -0.445. The van der Waals surface area contributed by atoms with Crippen molar-refractivity contribution in [2.75, 3.05) is 0 Å². The Morgan fingerprint density at radius 3 is 2.27 bits per heavy atom. The van der Waals surface area contributed by atoms with Gasteiger partial charge in [-0.1, -0.05) is 0 Å². The van der Waals surface area contributed by atoms with Gasteiger partial charge in [0.2, 0.25) is 0 Å². The van der Waals surface area contributed by atoms with Crippen molar-refractivity contribution in [2.45, 2.75) is 0 Å². The highest BCUT2D eigenvalue weighted by Crippen LogP contribution is 2.15. The van der Waals surface area contributed by atoms with Gasteiger partial charge < -0.3 is 4.65 Å². The summed E-state index contributed by atoms with van der Waals surface area (Å²) < 4.78 is 4.83. The van der Waals surface area contributed by atoms with Gasteiger partial charge in [-0.05, 0) is 12.1 Å². The quantitative estimate of drug-likeness (QED) is 0.351. The summed E-state index contributed by atoms with van der Waals surface area (Å²) >= 11 is 0. The van der Waals surface area contributed by atoms with E-state index in [9.17, 15) is 10.1 Å². The van der Waals surface area contributed by atoms with Gasteiger partial charge >= 0.3 is 8.05 Å². The molecule has 0 bridgehead atoms. The summed E-state index contributed by atoms with van der Waals surface area (Å²) in [6, 6.07) is 5.91. The number of hydrogen-bond acceptors (Lipinski definition) is 3. The molecule has 0 unspecified atom stereocenters. The molecule has 0 saturated heterocycles. The second kappa shape index (κ2) is 3.05. The van der Waals surface area contributed by atoms with Crippen LogP contribution in [0.1, 0.15) is 0 Å². The zero-order valence-corrected chi connectivity index (χ0v) is 5.98. The van der Waals surface area contributed by atoms with Crippen molar-refractivity contribution in [3.8, 4) is 5.75 Å². The predicted octanol–water partition coefficient (Wildman–Crippen LogP) is 0.522. The molecule has 1 aromatic carbocycles. The van der Waals surface area contributed by atoms with Crippen LogP contribution in [0, 0.1) is 10.1 Å². The first-order valence-corrected chi connectivity index (χ1v) is 3.02. The third kappa shape index (κ3) is 1.70. The molecule has 4 nitrogen and oxygen atoms in total. The monoisotopic (exact) mass is 151 g/mol. The van der Waals surface area contributed by atoms with E-state index in [2.05, 4.69) is 0 Å². The SMILES string of the molecule is BOc1ccc([N+](=O)[O-])cc1. The molecule has 0 amide bonds. The summed E-state index contributed by atoms with van der Waals surface area (Å²) in [6.45, 7) is 0. The van der Waals surface area contributed by atoms with Crippen LogP contribution in [0.15, 0.2) is 24.3 Å². The van der Waals surface area contributed by atoms with Crippen LogP contribution in [0.5, 0.6) is 5.75 Å². The van der Waals surface area contributed by atoms with Crippen LogP contribution in [0.4, 0.5) is 5.69 Å². The van der Waals surface area contributed by atoms with Crippen molar-refractivity contribution in [2.24, 2.45) is 0 Å². The van der Waals surface area contributed by atoms with E-state index in [-0.39, 0.29) is 5.69 Å². The van der Waals surface area contributed by atoms with E-state index in [4.69, 9.17) is 4.65 Å². The smallest absolute Gasteiger partial charge is 0.322 e. The number of rotatable bonds is 2. The minimum absolute atomic E-state index is 0.0748. The van der Waals surface area contributed by atoms with Crippen LogP contribution < -0.4 is 4.65 Å². The second-order valence-electron chi connectivity index (χ2n) is 1.96. The van der Waals surface area contributed by atoms with Gasteiger partial charge in [0.05, 0.1) is 10.7 Å². The van der Waals surface area contributed by atoms with Crippen LogP contribution in [0.2, 0.25) is 0 Å². The summed E-state index contributed by atoms with van der Waals surface area (Å²) in [6.07, 6.45) is 0. The first kappa shape index (κ1) is 7.59. The zero-order valence-electron chi connectivity index (χ0n) is 5.98. The molecule has 56 valence electrons. The molecule has 0 aromatic heterocycles. The molecule has 0 radical (unpaired) electrons. The van der Waals surface area contributed by atoms with Gasteiger partial charge in [0.1, 0.15) is 0 Å². The van der Waals surface area contributed by atoms with Crippen LogP contribution in [-0.4, -0.2) is 13.0 Å². The Balaban J connectivity index is 2.91. The fraction of sp³-hybridized carbons (Fsp3) is 0. The van der Waals surface area contributed by atoms with E-state index in [1.165, 1.54) is 20.2 Å². The Morgan fingerprint density at radius 2 is 1.91 bits per heavy atom. The average molecular weight is 151 g/mol. The van der Waals surface area contributed by atoms with Gasteiger partial charge in [-0.15, -0.1) is 0 Å². The molecule has 1 rings (SSSR count). The lowest BCUT2D eigenvalue weighted by Gasteiger charge is -1.97. The molecule has 5 heteroatoms. The number of benzene rings is 1. The molecule has 1 aromatic rings. The Hall–Kier alpha value is -1.52. The Bertz CT molecular complexity index is 259. The largest absolute Gasteiger partial charge is 0.568 e. The van der Waals surface area contributed by atoms with Crippen LogP contribution in [0.3, 0.4) is 0 Å². The standard InChI is InChI=1S/C6H6BNO3/c7-11-6-3-1-5(2-4-6)8(9)10/h1-4H,7H2. The summed E-state index contributed by atoms with van der Waals surface area (Å²) in [5.41, 5.74) is 0.0748. The van der Waals surface area contributed by atoms with Crippen molar-refractivity contribution in [3.05, 3.63) is 34.4 Å². The van der Waals surface area contributed by atoms with Gasteiger partial charge in [-0.2, -0.15) is 0 Å². The molecule has 0 N–H and O–H groups in total. The highest BCUT2D eigenvalue weighted by molar-refractivity contribution is 5.99. The van der Waals surface area contributed by atoms with E-state index < -0.39 is 4.92 Å². The van der Waals surface area contributed by atoms with E-state index in [0.29, 0.717) is 5.75 Å². The van der Waals surface area contributed by atoms with Crippen molar-refractivity contribution >= 4 is 13.7 Å². The molecule has 0 atom stereocenters. The topological polar surface area (TPSA) is 52.4 Å². The normalized spacial score (nSPS) is 9.09. The zero-order chi connectivity index (χ0) is 8.27. The number of nitro groups is 1. The Morgan fingerprint density at radius 1 is 1.36 bits per heavy atom. The van der Waals surface area contributed by atoms with Crippen molar-refractivity contribution in [1.29, 1.82) is 0 Å². The number of nitro benzene ring substituents is 1.